The van der Waals surface area contributed by atoms with Crippen LogP contribution in [0.25, 0.3) is 5.73 Å². The molecule has 0 amide bonds. The first kappa shape index (κ1) is 7.84. The van der Waals surface area contributed by atoms with Crippen molar-refractivity contribution in [3.63, 3.8) is 0 Å². The molecule has 0 atom stereocenters. The molecule has 2 nitrogen and oxygen atoms in total. The summed E-state index contributed by atoms with van der Waals surface area (Å²) < 4.78 is 35.7. The molecular formula is C6H4F3N2-. The van der Waals surface area contributed by atoms with Crippen LogP contribution in [0.15, 0.2) is 18.3 Å². The maximum absolute atomic E-state index is 11.9. The largest absolute Gasteiger partial charge is 0.482 e. The van der Waals surface area contributed by atoms with Gasteiger partial charge in [0.25, 0.3) is 0 Å². The predicted molar refractivity (Wildman–Crippen MR) is 33.2 cm³/mol. The lowest BCUT2D eigenvalue weighted by Gasteiger charge is -2.12. The Morgan fingerprint density at radius 3 is 2.36 bits per heavy atom. The molecule has 11 heavy (non-hydrogen) atoms. The highest BCUT2D eigenvalue weighted by Gasteiger charge is 2.30. The van der Waals surface area contributed by atoms with E-state index in [1.807, 2.05) is 0 Å². The third-order valence-corrected chi connectivity index (χ3v) is 1.11. The van der Waals surface area contributed by atoms with Crippen molar-refractivity contribution in [2.45, 2.75) is 6.18 Å². The number of hydrogen-bond acceptors (Lipinski definition) is 1. The summed E-state index contributed by atoms with van der Waals surface area (Å²) in [6, 6.07) is 1.98. The molecule has 1 N–H and O–H groups in total. The zero-order chi connectivity index (χ0) is 8.48. The van der Waals surface area contributed by atoms with Crippen molar-refractivity contribution < 1.29 is 13.2 Å². The lowest BCUT2D eigenvalue weighted by Crippen LogP contribution is -2.04. The van der Waals surface area contributed by atoms with E-state index in [1.54, 1.807) is 0 Å². The summed E-state index contributed by atoms with van der Waals surface area (Å²) in [6.45, 7) is 0. The molecule has 0 aliphatic rings. The molecule has 5 heteroatoms. The second kappa shape index (κ2) is 2.41. The minimum atomic E-state index is -4.47. The maximum Gasteiger partial charge on any atom is 0.416 e. The van der Waals surface area contributed by atoms with Crippen LogP contribution in [0.5, 0.6) is 0 Å². The molecule has 1 heterocycles. The number of rotatable bonds is 0. The Morgan fingerprint density at radius 1 is 1.36 bits per heavy atom. The van der Waals surface area contributed by atoms with Gasteiger partial charge < -0.3 is 10.7 Å². The van der Waals surface area contributed by atoms with Gasteiger partial charge in [0.05, 0.1) is 5.56 Å². The number of halogens is 3. The monoisotopic (exact) mass is 161 g/mol. The third kappa shape index (κ3) is 1.60. The van der Waals surface area contributed by atoms with Crippen LogP contribution in [0.2, 0.25) is 0 Å². The molecule has 1 rings (SSSR count). The number of hydrogen-bond donors (Lipinski definition) is 0. The molecule has 1 aromatic rings. The van der Waals surface area contributed by atoms with Gasteiger partial charge in [-0.3, -0.25) is 0 Å². The van der Waals surface area contributed by atoms with E-state index in [0.29, 0.717) is 0 Å². The van der Waals surface area contributed by atoms with E-state index < -0.39 is 17.6 Å². The maximum atomic E-state index is 11.9. The van der Waals surface area contributed by atoms with Gasteiger partial charge in [0.1, 0.15) is 0 Å². The fourth-order valence-corrected chi connectivity index (χ4v) is 0.634. The SMILES string of the molecule is [NH-]c1ncccc1C(F)(F)F. The number of alkyl halides is 3. The van der Waals surface area contributed by atoms with E-state index in [0.717, 1.165) is 18.3 Å². The van der Waals surface area contributed by atoms with Crippen molar-refractivity contribution in [2.24, 2.45) is 0 Å². The number of nitrogens with zero attached hydrogens (tertiary/aromatic N) is 1. The van der Waals surface area contributed by atoms with Crippen molar-refractivity contribution in [1.82, 2.24) is 4.98 Å². The van der Waals surface area contributed by atoms with Crippen LogP contribution in [0.4, 0.5) is 19.0 Å². The van der Waals surface area contributed by atoms with E-state index in [-0.39, 0.29) is 0 Å². The van der Waals surface area contributed by atoms with Gasteiger partial charge in [-0.1, -0.05) is 24.1 Å². The highest BCUT2D eigenvalue weighted by Crippen LogP contribution is 2.33. The summed E-state index contributed by atoms with van der Waals surface area (Å²) in [5.74, 6) is -0.736. The van der Waals surface area contributed by atoms with Crippen LogP contribution in [0.1, 0.15) is 5.56 Å². The quantitative estimate of drug-likeness (QED) is 0.576. The fourth-order valence-electron chi connectivity index (χ4n) is 0.634. The van der Waals surface area contributed by atoms with Crippen LogP contribution in [-0.2, 0) is 6.18 Å². The molecule has 0 spiro atoms. The Bertz CT molecular complexity index is 256. The van der Waals surface area contributed by atoms with Crippen molar-refractivity contribution in [3.05, 3.63) is 29.6 Å². The summed E-state index contributed by atoms with van der Waals surface area (Å²) in [6.07, 6.45) is -3.32. The molecule has 0 saturated heterocycles. The van der Waals surface area contributed by atoms with Gasteiger partial charge in [0.15, 0.2) is 0 Å². The van der Waals surface area contributed by atoms with E-state index in [4.69, 9.17) is 5.73 Å². The van der Waals surface area contributed by atoms with Crippen LogP contribution in [0.3, 0.4) is 0 Å². The standard InChI is InChI=1S/C6H4F3N2/c7-6(8,9)4-2-1-3-11-5(4)10/h1-3H,(H-,10,11)/q-1. The Balaban J connectivity index is 3.14. The van der Waals surface area contributed by atoms with Crippen LogP contribution >= 0.6 is 0 Å². The Labute approximate surface area is 60.9 Å². The molecule has 0 bridgehead atoms. The van der Waals surface area contributed by atoms with Gasteiger partial charge in [-0.05, 0) is 0 Å². The van der Waals surface area contributed by atoms with Gasteiger partial charge in [-0.15, -0.1) is 0 Å². The average molecular weight is 161 g/mol. The number of aromatic nitrogens is 1. The van der Waals surface area contributed by atoms with Gasteiger partial charge in [-0.25, -0.2) is 0 Å². The molecule has 60 valence electrons. The van der Waals surface area contributed by atoms with Gasteiger partial charge in [0.2, 0.25) is 0 Å². The molecule has 0 fully saturated rings. The third-order valence-electron chi connectivity index (χ3n) is 1.11. The lowest BCUT2D eigenvalue weighted by molar-refractivity contribution is -0.137. The minimum absolute atomic E-state index is 0.736. The highest BCUT2D eigenvalue weighted by molar-refractivity contribution is 5.44. The minimum Gasteiger partial charge on any atom is -0.482 e. The normalized spacial score (nSPS) is 11.5. The summed E-state index contributed by atoms with van der Waals surface area (Å²) in [4.78, 5) is 3.19. The molecular weight excluding hydrogens is 157 g/mol. The number of nitrogens with one attached hydrogen (secondary N) is 1. The molecule has 0 aromatic carbocycles. The van der Waals surface area contributed by atoms with Gasteiger partial charge >= 0.3 is 6.18 Å². The van der Waals surface area contributed by atoms with Crippen LogP contribution in [-0.4, -0.2) is 4.98 Å². The van der Waals surface area contributed by atoms with E-state index in [9.17, 15) is 13.2 Å². The highest BCUT2D eigenvalue weighted by atomic mass is 19.4. The second-order valence-electron chi connectivity index (χ2n) is 1.90. The van der Waals surface area contributed by atoms with Crippen molar-refractivity contribution in [2.75, 3.05) is 0 Å². The zero-order valence-electron chi connectivity index (χ0n) is 5.31. The molecule has 0 aliphatic heterocycles. The zero-order valence-corrected chi connectivity index (χ0v) is 5.31. The molecule has 0 saturated carbocycles. The summed E-state index contributed by atoms with van der Waals surface area (Å²) in [5, 5.41) is 0. The molecule has 0 unspecified atom stereocenters. The first-order valence-electron chi connectivity index (χ1n) is 2.75. The first-order valence-corrected chi connectivity index (χ1v) is 2.75. The van der Waals surface area contributed by atoms with Gasteiger partial charge in [-0.2, -0.15) is 13.2 Å². The van der Waals surface area contributed by atoms with Crippen LogP contribution < -0.4 is 0 Å². The summed E-state index contributed by atoms with van der Waals surface area (Å²) in [7, 11) is 0. The average Bonchev–Trinajstić information content (AvgIpc) is 1.86. The summed E-state index contributed by atoms with van der Waals surface area (Å²) in [5.41, 5.74) is 5.80. The predicted octanol–water partition coefficient (Wildman–Crippen LogP) is 2.78. The molecule has 0 radical (unpaired) electrons. The fraction of sp³-hybridized carbons (Fsp3) is 0.167. The lowest BCUT2D eigenvalue weighted by atomic mass is 10.2. The topological polar surface area (TPSA) is 36.7 Å². The second-order valence-corrected chi connectivity index (χ2v) is 1.90. The van der Waals surface area contributed by atoms with E-state index in [2.05, 4.69) is 4.98 Å². The molecule has 0 aliphatic carbocycles. The summed E-state index contributed by atoms with van der Waals surface area (Å²) >= 11 is 0. The van der Waals surface area contributed by atoms with Crippen molar-refractivity contribution in [3.8, 4) is 0 Å². The van der Waals surface area contributed by atoms with E-state index in [1.165, 1.54) is 0 Å². The smallest absolute Gasteiger partial charge is 0.416 e. The Kier molecular flexibility index (Phi) is 1.72. The van der Waals surface area contributed by atoms with Crippen molar-refractivity contribution >= 4 is 5.82 Å². The van der Waals surface area contributed by atoms with Crippen LogP contribution in [0, 0.1) is 0 Å². The van der Waals surface area contributed by atoms with E-state index >= 15 is 0 Å². The molecule has 1 aromatic heterocycles. The Hall–Kier alpha value is -1.26. The van der Waals surface area contributed by atoms with Gasteiger partial charge in [0, 0.05) is 0 Å². The van der Waals surface area contributed by atoms with Crippen molar-refractivity contribution in [1.29, 1.82) is 0 Å². The first-order chi connectivity index (χ1) is 5.02. The Morgan fingerprint density at radius 2 is 2.00 bits per heavy atom. The number of pyridine rings is 1.